The third-order valence-corrected chi connectivity index (χ3v) is 7.40. The first-order valence-corrected chi connectivity index (χ1v) is 9.64. The Kier molecular flexibility index (Phi) is 3.57. The van der Waals surface area contributed by atoms with Gasteiger partial charge in [-0.25, -0.2) is 4.98 Å². The van der Waals surface area contributed by atoms with Crippen molar-refractivity contribution in [2.75, 3.05) is 5.43 Å². The van der Waals surface area contributed by atoms with Crippen molar-refractivity contribution >= 4 is 22.2 Å². The fraction of sp³-hybridized carbons (Fsp3) is 0.500. The van der Waals surface area contributed by atoms with Crippen molar-refractivity contribution in [3.63, 3.8) is 0 Å². The Balaban J connectivity index is 1.52. The number of anilines is 1. The smallest absolute Gasteiger partial charge is 0.203 e. The molecule has 0 amide bonds. The molecule has 2 saturated carbocycles. The van der Waals surface area contributed by atoms with Crippen LogP contribution in [0.1, 0.15) is 45.6 Å². The summed E-state index contributed by atoms with van der Waals surface area (Å²) in [4.78, 5) is 4.69. The zero-order chi connectivity index (χ0) is 16.9. The van der Waals surface area contributed by atoms with Crippen LogP contribution in [-0.4, -0.2) is 10.7 Å². The lowest BCUT2D eigenvalue weighted by Crippen LogP contribution is -2.32. The van der Waals surface area contributed by atoms with Crippen LogP contribution in [0.5, 0.6) is 0 Å². The van der Waals surface area contributed by atoms with Gasteiger partial charge in [0.2, 0.25) is 5.13 Å². The molecule has 3 nitrogen and oxygen atoms in total. The Hall–Kier alpha value is -1.68. The molecule has 1 aromatic carbocycles. The van der Waals surface area contributed by atoms with Crippen LogP contribution in [0, 0.1) is 23.7 Å². The predicted molar refractivity (Wildman–Crippen MR) is 103 cm³/mol. The minimum atomic E-state index is 0.238. The Bertz CT molecular complexity index is 787. The number of hydrazone groups is 1. The number of aromatic nitrogens is 1. The van der Waals surface area contributed by atoms with E-state index >= 15 is 0 Å². The number of nitrogens with one attached hydrogen (secondary N) is 1. The highest BCUT2D eigenvalue weighted by Gasteiger charge is 2.59. The monoisotopic (exact) mass is 339 g/mol. The highest BCUT2D eigenvalue weighted by molar-refractivity contribution is 7.14. The summed E-state index contributed by atoms with van der Waals surface area (Å²) in [7, 11) is 0. The van der Waals surface area contributed by atoms with E-state index in [4.69, 9.17) is 10.1 Å². The molecule has 1 aromatic heterocycles. The van der Waals surface area contributed by atoms with Gasteiger partial charge in [0.1, 0.15) is 0 Å². The molecule has 0 unspecified atom stereocenters. The number of thiazole rings is 1. The van der Waals surface area contributed by atoms with Crippen molar-refractivity contribution in [3.05, 3.63) is 35.2 Å². The molecule has 1 heterocycles. The van der Waals surface area contributed by atoms with Crippen LogP contribution in [0.15, 0.2) is 34.7 Å². The summed E-state index contributed by atoms with van der Waals surface area (Å²) in [5.41, 5.74) is 8.61. The van der Waals surface area contributed by atoms with E-state index in [2.05, 4.69) is 62.8 Å². The second kappa shape index (κ2) is 5.41. The summed E-state index contributed by atoms with van der Waals surface area (Å²) in [5, 5.41) is 7.75. The topological polar surface area (TPSA) is 37.3 Å². The van der Waals surface area contributed by atoms with Gasteiger partial charge in [-0.1, -0.05) is 50.6 Å². The van der Waals surface area contributed by atoms with Crippen LogP contribution in [0.4, 0.5) is 5.13 Å². The summed E-state index contributed by atoms with van der Waals surface area (Å²) < 4.78 is 0. The molecule has 0 saturated heterocycles. The first-order chi connectivity index (χ1) is 11.4. The Morgan fingerprint density at radius 2 is 1.96 bits per heavy atom. The van der Waals surface area contributed by atoms with Gasteiger partial charge in [-0.15, -0.1) is 11.3 Å². The summed E-state index contributed by atoms with van der Waals surface area (Å²) in [6.07, 6.45) is 3.74. The minimum Gasteiger partial charge on any atom is -0.253 e. The third kappa shape index (κ3) is 2.31. The fourth-order valence-corrected chi connectivity index (χ4v) is 5.06. The lowest BCUT2D eigenvalue weighted by atomic mass is 9.70. The van der Waals surface area contributed by atoms with Gasteiger partial charge in [-0.3, -0.25) is 5.43 Å². The molecule has 126 valence electrons. The molecule has 4 rings (SSSR count). The Labute approximate surface area is 148 Å². The average molecular weight is 340 g/mol. The molecule has 2 atom stereocenters. The van der Waals surface area contributed by atoms with Gasteiger partial charge in [0.15, 0.2) is 0 Å². The van der Waals surface area contributed by atoms with Crippen LogP contribution in [0.25, 0.3) is 11.3 Å². The first kappa shape index (κ1) is 15.8. The summed E-state index contributed by atoms with van der Waals surface area (Å²) in [6.45, 7) is 9.31. The number of fused-ring (bicyclic) bond motifs is 2. The van der Waals surface area contributed by atoms with Gasteiger partial charge >= 0.3 is 0 Å². The summed E-state index contributed by atoms with van der Waals surface area (Å²) >= 11 is 1.62. The molecule has 2 aliphatic rings. The molecule has 0 aliphatic heterocycles. The second-order valence-corrected chi connectivity index (χ2v) is 8.93. The highest BCUT2D eigenvalue weighted by Crippen LogP contribution is 2.63. The fourth-order valence-electron chi connectivity index (χ4n) is 4.39. The van der Waals surface area contributed by atoms with E-state index in [1.807, 2.05) is 0 Å². The van der Waals surface area contributed by atoms with E-state index in [9.17, 15) is 0 Å². The maximum absolute atomic E-state index is 4.78. The van der Waals surface area contributed by atoms with Crippen LogP contribution >= 0.6 is 11.3 Å². The highest BCUT2D eigenvalue weighted by atomic mass is 32.1. The average Bonchev–Trinajstić information content (AvgIpc) is 3.16. The molecule has 24 heavy (non-hydrogen) atoms. The van der Waals surface area contributed by atoms with Crippen LogP contribution in [-0.2, 0) is 0 Å². The largest absolute Gasteiger partial charge is 0.253 e. The number of hydrogen-bond acceptors (Lipinski definition) is 4. The van der Waals surface area contributed by atoms with Gasteiger partial charge < -0.3 is 0 Å². The van der Waals surface area contributed by atoms with E-state index in [0.717, 1.165) is 28.7 Å². The van der Waals surface area contributed by atoms with Crippen LogP contribution in [0.2, 0.25) is 0 Å². The molecule has 2 aromatic rings. The van der Waals surface area contributed by atoms with Crippen molar-refractivity contribution in [1.82, 2.24) is 4.98 Å². The molecule has 2 aliphatic carbocycles. The number of hydrogen-bond donors (Lipinski definition) is 1. The number of aryl methyl sites for hydroxylation is 1. The molecule has 0 radical (unpaired) electrons. The van der Waals surface area contributed by atoms with E-state index < -0.39 is 0 Å². The minimum absolute atomic E-state index is 0.238. The van der Waals surface area contributed by atoms with Crippen molar-refractivity contribution in [2.24, 2.45) is 21.8 Å². The van der Waals surface area contributed by atoms with E-state index in [-0.39, 0.29) is 5.41 Å². The van der Waals surface area contributed by atoms with Gasteiger partial charge in [-0.05, 0) is 37.5 Å². The Morgan fingerprint density at radius 1 is 1.21 bits per heavy atom. The lowest BCUT2D eigenvalue weighted by molar-refractivity contribution is 0.194. The number of rotatable bonds is 3. The summed E-state index contributed by atoms with van der Waals surface area (Å²) in [6, 6.07) is 8.50. The van der Waals surface area contributed by atoms with Crippen molar-refractivity contribution in [3.8, 4) is 11.3 Å². The molecular formula is C20H25N3S. The SMILES string of the molecule is Cc1ccc(-c2csc(N/N=C3\C[C@H]4CC[C@@]3(C)C4(C)C)n2)cc1. The maximum Gasteiger partial charge on any atom is 0.203 e. The van der Waals surface area contributed by atoms with Gasteiger partial charge in [0.25, 0.3) is 0 Å². The van der Waals surface area contributed by atoms with Crippen LogP contribution in [0.3, 0.4) is 0 Å². The van der Waals surface area contributed by atoms with E-state index in [1.54, 1.807) is 11.3 Å². The molecule has 4 heteroatoms. The first-order valence-electron chi connectivity index (χ1n) is 8.76. The zero-order valence-electron chi connectivity index (χ0n) is 14.9. The Morgan fingerprint density at radius 3 is 2.58 bits per heavy atom. The normalized spacial score (nSPS) is 29.3. The maximum atomic E-state index is 4.78. The van der Waals surface area contributed by atoms with Gasteiger partial charge in [-0.2, -0.15) is 5.10 Å². The van der Waals surface area contributed by atoms with E-state index in [1.165, 1.54) is 24.1 Å². The third-order valence-electron chi connectivity index (χ3n) is 6.65. The molecule has 0 spiro atoms. The lowest BCUT2D eigenvalue weighted by Gasteiger charge is -2.34. The number of benzene rings is 1. The van der Waals surface area contributed by atoms with Crippen molar-refractivity contribution in [2.45, 2.75) is 47.0 Å². The quantitative estimate of drug-likeness (QED) is 0.725. The summed E-state index contributed by atoms with van der Waals surface area (Å²) in [5.74, 6) is 0.780. The number of nitrogens with zero attached hydrogens (tertiary/aromatic N) is 2. The molecular weight excluding hydrogens is 314 g/mol. The van der Waals surface area contributed by atoms with E-state index in [0.29, 0.717) is 5.41 Å². The molecule has 1 N–H and O–H groups in total. The second-order valence-electron chi connectivity index (χ2n) is 8.07. The zero-order valence-corrected chi connectivity index (χ0v) is 15.7. The van der Waals surface area contributed by atoms with Crippen molar-refractivity contribution in [1.29, 1.82) is 0 Å². The van der Waals surface area contributed by atoms with Gasteiger partial charge in [0.05, 0.1) is 5.69 Å². The molecule has 2 fully saturated rings. The predicted octanol–water partition coefficient (Wildman–Crippen LogP) is 5.73. The standard InChI is InChI=1S/C20H25N3S/c1-13-5-7-14(8-6-13)16-12-24-18(21-16)23-22-17-11-15-9-10-20(17,4)19(15,2)3/h5-8,12,15H,9-11H2,1-4H3,(H,21,23)/b22-17+/t15-,20-/m1/s1. The van der Waals surface area contributed by atoms with Crippen molar-refractivity contribution < 1.29 is 0 Å². The van der Waals surface area contributed by atoms with Crippen LogP contribution < -0.4 is 5.43 Å². The van der Waals surface area contributed by atoms with Gasteiger partial charge in [0, 0.05) is 22.1 Å². The molecule has 2 bridgehead atoms.